The number of hydrogen-bond acceptors (Lipinski definition) is 3. The van der Waals surface area contributed by atoms with Gasteiger partial charge in [-0.05, 0) is 19.4 Å². The lowest BCUT2D eigenvalue weighted by Crippen LogP contribution is -2.54. The number of carbonyl (C=O) groups is 1. The number of amides is 1. The molecule has 1 unspecified atom stereocenters. The Morgan fingerprint density at radius 1 is 1.50 bits per heavy atom. The number of carbonyl (C=O) groups excluding carboxylic acids is 1. The molecule has 0 spiro atoms. The third kappa shape index (κ3) is 3.46. The van der Waals surface area contributed by atoms with Gasteiger partial charge in [0.25, 0.3) is 0 Å². The van der Waals surface area contributed by atoms with Gasteiger partial charge < -0.3 is 15.4 Å². The molecule has 16 heavy (non-hydrogen) atoms. The molecular formula is C12H24N2O2. The molecule has 0 bridgehead atoms. The van der Waals surface area contributed by atoms with Crippen LogP contribution in [0.2, 0.25) is 0 Å². The molecule has 1 fully saturated rings. The Hall–Kier alpha value is -0.610. The van der Waals surface area contributed by atoms with Crippen LogP contribution in [0.4, 0.5) is 0 Å². The van der Waals surface area contributed by atoms with Crippen LogP contribution in [0.1, 0.15) is 33.6 Å². The Kier molecular flexibility index (Phi) is 4.33. The van der Waals surface area contributed by atoms with Crippen molar-refractivity contribution in [3.8, 4) is 0 Å². The van der Waals surface area contributed by atoms with Gasteiger partial charge in [0, 0.05) is 19.1 Å². The van der Waals surface area contributed by atoms with Gasteiger partial charge in [-0.2, -0.15) is 0 Å². The van der Waals surface area contributed by atoms with Gasteiger partial charge in [-0.3, -0.25) is 4.79 Å². The molecule has 0 aliphatic carbocycles. The number of methoxy groups -OCH3 is 1. The Bertz CT molecular complexity index is 240. The molecule has 94 valence electrons. The van der Waals surface area contributed by atoms with Crippen molar-refractivity contribution in [2.24, 2.45) is 5.41 Å². The van der Waals surface area contributed by atoms with Crippen LogP contribution in [0.15, 0.2) is 0 Å². The molecule has 1 aliphatic rings. The van der Waals surface area contributed by atoms with Crippen molar-refractivity contribution >= 4 is 5.91 Å². The van der Waals surface area contributed by atoms with Crippen molar-refractivity contribution in [2.75, 3.05) is 26.8 Å². The summed E-state index contributed by atoms with van der Waals surface area (Å²) in [5.41, 5.74) is -0.386. The normalized spacial score (nSPS) is 25.8. The van der Waals surface area contributed by atoms with Crippen LogP contribution in [0, 0.1) is 5.41 Å². The third-order valence-electron chi connectivity index (χ3n) is 3.02. The Morgan fingerprint density at radius 2 is 2.19 bits per heavy atom. The fourth-order valence-electron chi connectivity index (χ4n) is 1.98. The van der Waals surface area contributed by atoms with Crippen molar-refractivity contribution < 1.29 is 9.53 Å². The molecule has 0 saturated carbocycles. The first-order valence-corrected chi connectivity index (χ1v) is 5.92. The largest absolute Gasteiger partial charge is 0.383 e. The summed E-state index contributed by atoms with van der Waals surface area (Å²) in [5, 5.41) is 6.45. The van der Waals surface area contributed by atoms with Crippen molar-refractivity contribution in [3.63, 3.8) is 0 Å². The Morgan fingerprint density at radius 3 is 2.62 bits per heavy atom. The maximum absolute atomic E-state index is 11.8. The van der Waals surface area contributed by atoms with E-state index in [1.807, 2.05) is 20.8 Å². The SMILES string of the molecule is COCC1(CNC(=O)C(C)(C)C)CCCN1. The lowest BCUT2D eigenvalue weighted by Gasteiger charge is -2.30. The highest BCUT2D eigenvalue weighted by Gasteiger charge is 2.34. The average Bonchev–Trinajstić information content (AvgIpc) is 2.62. The summed E-state index contributed by atoms with van der Waals surface area (Å²) in [5.74, 6) is 0.0941. The molecule has 0 aromatic heterocycles. The maximum Gasteiger partial charge on any atom is 0.225 e. The lowest BCUT2D eigenvalue weighted by molar-refractivity contribution is -0.128. The van der Waals surface area contributed by atoms with Crippen molar-refractivity contribution in [2.45, 2.75) is 39.2 Å². The molecule has 1 amide bonds. The minimum Gasteiger partial charge on any atom is -0.383 e. The summed E-state index contributed by atoms with van der Waals surface area (Å²) in [7, 11) is 1.70. The topological polar surface area (TPSA) is 50.4 Å². The van der Waals surface area contributed by atoms with Gasteiger partial charge in [0.1, 0.15) is 0 Å². The summed E-state index contributed by atoms with van der Waals surface area (Å²) in [6.07, 6.45) is 2.21. The average molecular weight is 228 g/mol. The molecule has 4 nitrogen and oxygen atoms in total. The predicted octanol–water partition coefficient (Wildman–Crippen LogP) is 0.917. The van der Waals surface area contributed by atoms with E-state index in [0.29, 0.717) is 13.2 Å². The number of ether oxygens (including phenoxy) is 1. The summed E-state index contributed by atoms with van der Waals surface area (Å²) in [6, 6.07) is 0. The molecule has 1 atom stereocenters. The van der Waals surface area contributed by atoms with Gasteiger partial charge in [0.2, 0.25) is 5.91 Å². The summed E-state index contributed by atoms with van der Waals surface area (Å²) in [4.78, 5) is 11.8. The number of hydrogen-bond donors (Lipinski definition) is 2. The van der Waals surface area contributed by atoms with Crippen LogP contribution >= 0.6 is 0 Å². The predicted molar refractivity (Wildman–Crippen MR) is 64.3 cm³/mol. The van der Waals surface area contributed by atoms with Gasteiger partial charge in [-0.1, -0.05) is 20.8 Å². The summed E-state index contributed by atoms with van der Waals surface area (Å²) >= 11 is 0. The first-order chi connectivity index (χ1) is 7.40. The van der Waals surface area contributed by atoms with E-state index in [1.165, 1.54) is 0 Å². The summed E-state index contributed by atoms with van der Waals surface area (Å²) < 4.78 is 5.23. The molecular weight excluding hydrogens is 204 g/mol. The monoisotopic (exact) mass is 228 g/mol. The molecule has 1 aliphatic heterocycles. The van der Waals surface area contributed by atoms with Gasteiger partial charge >= 0.3 is 0 Å². The first kappa shape index (κ1) is 13.5. The van der Waals surface area contributed by atoms with E-state index in [-0.39, 0.29) is 16.9 Å². The van der Waals surface area contributed by atoms with Gasteiger partial charge in [0.05, 0.1) is 12.1 Å². The van der Waals surface area contributed by atoms with Gasteiger partial charge in [-0.15, -0.1) is 0 Å². The van der Waals surface area contributed by atoms with E-state index >= 15 is 0 Å². The van der Waals surface area contributed by atoms with Crippen molar-refractivity contribution in [1.29, 1.82) is 0 Å². The summed E-state index contributed by atoms with van der Waals surface area (Å²) in [6.45, 7) is 8.08. The van der Waals surface area contributed by atoms with Crippen LogP contribution in [0.25, 0.3) is 0 Å². The molecule has 0 radical (unpaired) electrons. The van der Waals surface area contributed by atoms with Crippen molar-refractivity contribution in [3.05, 3.63) is 0 Å². The lowest BCUT2D eigenvalue weighted by atomic mass is 9.94. The third-order valence-corrected chi connectivity index (χ3v) is 3.02. The standard InChI is InChI=1S/C12H24N2O2/c1-11(2,3)10(15)13-8-12(9-16-4)6-5-7-14-12/h14H,5-9H2,1-4H3,(H,13,15). The van der Waals surface area contributed by atoms with Gasteiger partial charge in [-0.25, -0.2) is 0 Å². The van der Waals surface area contributed by atoms with Crippen LogP contribution in [0.5, 0.6) is 0 Å². The minimum absolute atomic E-state index is 0.0599. The number of nitrogens with one attached hydrogen (secondary N) is 2. The van der Waals surface area contributed by atoms with E-state index in [0.717, 1.165) is 19.4 Å². The van der Waals surface area contributed by atoms with E-state index in [2.05, 4.69) is 10.6 Å². The zero-order chi connectivity index (χ0) is 12.2. The molecule has 0 aromatic rings. The molecule has 4 heteroatoms. The Balaban J connectivity index is 2.48. The second-order valence-electron chi connectivity index (χ2n) is 5.68. The second kappa shape index (κ2) is 5.15. The molecule has 0 aromatic carbocycles. The fraction of sp³-hybridized carbons (Fsp3) is 0.917. The maximum atomic E-state index is 11.8. The quantitative estimate of drug-likeness (QED) is 0.752. The second-order valence-corrected chi connectivity index (χ2v) is 5.68. The number of rotatable bonds is 4. The fourth-order valence-corrected chi connectivity index (χ4v) is 1.98. The highest BCUT2D eigenvalue weighted by Crippen LogP contribution is 2.20. The van der Waals surface area contributed by atoms with Crippen molar-refractivity contribution in [1.82, 2.24) is 10.6 Å². The van der Waals surface area contributed by atoms with Crippen LogP contribution in [-0.4, -0.2) is 38.3 Å². The van der Waals surface area contributed by atoms with Crippen LogP contribution in [0.3, 0.4) is 0 Å². The molecule has 1 saturated heterocycles. The first-order valence-electron chi connectivity index (χ1n) is 5.92. The minimum atomic E-state index is -0.327. The van der Waals surface area contributed by atoms with E-state index < -0.39 is 0 Å². The molecule has 1 rings (SSSR count). The van der Waals surface area contributed by atoms with E-state index in [4.69, 9.17) is 4.74 Å². The highest BCUT2D eigenvalue weighted by atomic mass is 16.5. The van der Waals surface area contributed by atoms with Crippen LogP contribution < -0.4 is 10.6 Å². The van der Waals surface area contributed by atoms with E-state index in [9.17, 15) is 4.79 Å². The zero-order valence-corrected chi connectivity index (χ0v) is 10.9. The van der Waals surface area contributed by atoms with Gasteiger partial charge in [0.15, 0.2) is 0 Å². The zero-order valence-electron chi connectivity index (χ0n) is 10.9. The highest BCUT2D eigenvalue weighted by molar-refractivity contribution is 5.81. The van der Waals surface area contributed by atoms with E-state index in [1.54, 1.807) is 7.11 Å². The molecule has 2 N–H and O–H groups in total. The van der Waals surface area contributed by atoms with Crippen LogP contribution in [-0.2, 0) is 9.53 Å². The molecule has 1 heterocycles. The Labute approximate surface area is 98.1 Å². The smallest absolute Gasteiger partial charge is 0.225 e.